The van der Waals surface area contributed by atoms with E-state index in [9.17, 15) is 0 Å². The quantitative estimate of drug-likeness (QED) is 0.571. The summed E-state index contributed by atoms with van der Waals surface area (Å²) in [6.45, 7) is 7.86. The molecular weight excluding hydrogens is 304 g/mol. The van der Waals surface area contributed by atoms with E-state index in [0.29, 0.717) is 5.41 Å². The molecule has 1 heteroatoms. The minimum absolute atomic E-state index is 0.150. The molecule has 1 atom stereocenters. The normalized spacial score (nSPS) is 19.2. The lowest BCUT2D eigenvalue weighted by Gasteiger charge is -2.49. The van der Waals surface area contributed by atoms with E-state index >= 15 is 0 Å². The maximum Gasteiger partial charge on any atom is 0.122 e. The van der Waals surface area contributed by atoms with Gasteiger partial charge in [0.15, 0.2) is 0 Å². The fraction of sp³-hybridized carbons (Fsp3) is 0.500. The van der Waals surface area contributed by atoms with E-state index in [1.54, 1.807) is 0 Å². The Balaban J connectivity index is 1.81. The summed E-state index contributed by atoms with van der Waals surface area (Å²) < 4.78 is 6.19. The van der Waals surface area contributed by atoms with Gasteiger partial charge in [0.2, 0.25) is 0 Å². The van der Waals surface area contributed by atoms with Crippen molar-refractivity contribution >= 4 is 0 Å². The number of hydrogen-bond acceptors (Lipinski definition) is 1. The van der Waals surface area contributed by atoms with Crippen LogP contribution in [0.4, 0.5) is 0 Å². The Kier molecular flexibility index (Phi) is 5.51. The van der Waals surface area contributed by atoms with Crippen LogP contribution in [0.3, 0.4) is 0 Å². The minimum Gasteiger partial charge on any atom is -0.493 e. The van der Waals surface area contributed by atoms with Crippen LogP contribution in [0.1, 0.15) is 63.5 Å². The van der Waals surface area contributed by atoms with Crippen LogP contribution in [0.5, 0.6) is 5.75 Å². The average Bonchev–Trinajstić information content (AvgIpc) is 2.64. The number of para-hydroxylation sites is 1. The first-order chi connectivity index (χ1) is 12.1. The van der Waals surface area contributed by atoms with Crippen LogP contribution < -0.4 is 4.74 Å². The van der Waals surface area contributed by atoms with Crippen molar-refractivity contribution in [3.05, 3.63) is 65.7 Å². The molecule has 1 aliphatic carbocycles. The second kappa shape index (κ2) is 7.64. The van der Waals surface area contributed by atoms with E-state index in [1.165, 1.54) is 43.2 Å². The second-order valence-corrected chi connectivity index (χ2v) is 8.18. The predicted molar refractivity (Wildman–Crippen MR) is 106 cm³/mol. The second-order valence-electron chi connectivity index (χ2n) is 8.18. The zero-order valence-corrected chi connectivity index (χ0v) is 16.1. The molecular formula is C24H32O. The fourth-order valence-corrected chi connectivity index (χ4v) is 4.57. The molecule has 0 aliphatic heterocycles. The molecule has 0 saturated heterocycles. The van der Waals surface area contributed by atoms with Crippen LogP contribution in [-0.2, 0) is 5.41 Å². The van der Waals surface area contributed by atoms with Crippen molar-refractivity contribution in [1.82, 2.24) is 0 Å². The monoisotopic (exact) mass is 336 g/mol. The minimum atomic E-state index is 0.150. The molecule has 0 amide bonds. The molecule has 0 aromatic heterocycles. The molecule has 2 aromatic rings. The standard InChI is InChI=1S/C24H32O/c1-20-12-8-9-15-22(20)25-19-18-24(3,21-13-6-4-7-14-21)23(2)16-10-5-11-17-23/h4,6-9,12-15H,5,10-11,16-19H2,1-3H3/t24-/m1/s1. The highest BCUT2D eigenvalue weighted by Crippen LogP contribution is 2.52. The SMILES string of the molecule is Cc1ccccc1OCC[C@](C)(c1ccccc1)C1(C)CCCCC1. The molecule has 134 valence electrons. The third-order valence-electron chi connectivity index (χ3n) is 6.65. The van der Waals surface area contributed by atoms with Crippen molar-refractivity contribution in [2.45, 2.75) is 64.7 Å². The third-order valence-corrected chi connectivity index (χ3v) is 6.65. The first-order valence-corrected chi connectivity index (χ1v) is 9.79. The van der Waals surface area contributed by atoms with Gasteiger partial charge < -0.3 is 4.74 Å². The van der Waals surface area contributed by atoms with Gasteiger partial charge in [0.1, 0.15) is 5.75 Å². The van der Waals surface area contributed by atoms with Crippen LogP contribution in [0.15, 0.2) is 54.6 Å². The number of ether oxygens (including phenoxy) is 1. The summed E-state index contributed by atoms with van der Waals surface area (Å²) in [6, 6.07) is 19.4. The summed E-state index contributed by atoms with van der Waals surface area (Å²) in [7, 11) is 0. The van der Waals surface area contributed by atoms with Crippen molar-refractivity contribution in [2.75, 3.05) is 6.61 Å². The molecule has 3 rings (SSSR count). The van der Waals surface area contributed by atoms with Gasteiger partial charge in [-0.15, -0.1) is 0 Å². The van der Waals surface area contributed by atoms with E-state index in [-0.39, 0.29) is 5.41 Å². The van der Waals surface area contributed by atoms with Crippen molar-refractivity contribution in [3.63, 3.8) is 0 Å². The Bertz CT molecular complexity index is 670. The van der Waals surface area contributed by atoms with Crippen molar-refractivity contribution in [3.8, 4) is 5.75 Å². The molecule has 0 heterocycles. The van der Waals surface area contributed by atoms with E-state index in [0.717, 1.165) is 18.8 Å². The third kappa shape index (κ3) is 3.76. The van der Waals surface area contributed by atoms with Crippen molar-refractivity contribution in [2.24, 2.45) is 5.41 Å². The summed E-state index contributed by atoms with van der Waals surface area (Å²) in [5.41, 5.74) is 3.18. The molecule has 1 nitrogen and oxygen atoms in total. The zero-order valence-electron chi connectivity index (χ0n) is 16.1. The zero-order chi connectivity index (χ0) is 17.8. The summed E-state index contributed by atoms with van der Waals surface area (Å²) in [6.07, 6.45) is 7.81. The Labute approximate surface area is 153 Å². The molecule has 0 N–H and O–H groups in total. The lowest BCUT2D eigenvalue weighted by Crippen LogP contribution is -2.44. The van der Waals surface area contributed by atoms with Crippen molar-refractivity contribution < 1.29 is 4.74 Å². The van der Waals surface area contributed by atoms with Gasteiger partial charge in [-0.3, -0.25) is 0 Å². The number of rotatable bonds is 6. The van der Waals surface area contributed by atoms with Gasteiger partial charge in [-0.25, -0.2) is 0 Å². The van der Waals surface area contributed by atoms with Crippen LogP contribution in [-0.4, -0.2) is 6.61 Å². The summed E-state index contributed by atoms with van der Waals surface area (Å²) >= 11 is 0. The molecule has 1 fully saturated rings. The highest BCUT2D eigenvalue weighted by Gasteiger charge is 2.45. The van der Waals surface area contributed by atoms with Gasteiger partial charge in [0.25, 0.3) is 0 Å². The number of hydrogen-bond donors (Lipinski definition) is 0. The highest BCUT2D eigenvalue weighted by atomic mass is 16.5. The molecule has 0 bridgehead atoms. The first kappa shape index (κ1) is 18.0. The van der Waals surface area contributed by atoms with Gasteiger partial charge in [0, 0.05) is 5.41 Å². The fourth-order valence-electron chi connectivity index (χ4n) is 4.57. The molecule has 0 unspecified atom stereocenters. The smallest absolute Gasteiger partial charge is 0.122 e. The first-order valence-electron chi connectivity index (χ1n) is 9.79. The van der Waals surface area contributed by atoms with Crippen LogP contribution in [0, 0.1) is 12.3 Å². The lowest BCUT2D eigenvalue weighted by atomic mass is 9.55. The predicted octanol–water partition coefficient (Wildman–Crippen LogP) is 6.69. The summed E-state index contributed by atoms with van der Waals surface area (Å²) in [4.78, 5) is 0. The Hall–Kier alpha value is -1.76. The molecule has 0 radical (unpaired) electrons. The Morgan fingerprint density at radius 2 is 1.56 bits per heavy atom. The van der Waals surface area contributed by atoms with Crippen LogP contribution in [0.25, 0.3) is 0 Å². The van der Waals surface area contributed by atoms with Gasteiger partial charge in [-0.2, -0.15) is 0 Å². The van der Waals surface area contributed by atoms with Crippen molar-refractivity contribution in [1.29, 1.82) is 0 Å². The van der Waals surface area contributed by atoms with E-state index in [2.05, 4.69) is 75.4 Å². The lowest BCUT2D eigenvalue weighted by molar-refractivity contribution is 0.0733. The number of benzene rings is 2. The maximum absolute atomic E-state index is 6.19. The van der Waals surface area contributed by atoms with E-state index < -0.39 is 0 Å². The largest absolute Gasteiger partial charge is 0.493 e. The maximum atomic E-state index is 6.19. The molecule has 25 heavy (non-hydrogen) atoms. The highest BCUT2D eigenvalue weighted by molar-refractivity contribution is 5.32. The summed E-state index contributed by atoms with van der Waals surface area (Å²) in [5.74, 6) is 1.02. The Morgan fingerprint density at radius 3 is 2.24 bits per heavy atom. The number of aryl methyl sites for hydroxylation is 1. The molecule has 2 aromatic carbocycles. The van der Waals surface area contributed by atoms with Gasteiger partial charge in [0.05, 0.1) is 6.61 Å². The average molecular weight is 337 g/mol. The van der Waals surface area contributed by atoms with Crippen LogP contribution >= 0.6 is 0 Å². The molecule has 1 aliphatic rings. The summed E-state index contributed by atoms with van der Waals surface area (Å²) in [5, 5.41) is 0. The molecule has 0 spiro atoms. The van der Waals surface area contributed by atoms with E-state index in [1.807, 2.05) is 0 Å². The van der Waals surface area contributed by atoms with Gasteiger partial charge in [-0.1, -0.05) is 81.6 Å². The molecule has 1 saturated carbocycles. The Morgan fingerprint density at radius 1 is 0.920 bits per heavy atom. The van der Waals surface area contributed by atoms with E-state index in [4.69, 9.17) is 4.74 Å². The topological polar surface area (TPSA) is 9.23 Å². The van der Waals surface area contributed by atoms with Gasteiger partial charge >= 0.3 is 0 Å². The van der Waals surface area contributed by atoms with Gasteiger partial charge in [-0.05, 0) is 48.8 Å². The van der Waals surface area contributed by atoms with Crippen LogP contribution in [0.2, 0.25) is 0 Å².